The molecule has 0 bridgehead atoms. The summed E-state index contributed by atoms with van der Waals surface area (Å²) in [6.45, 7) is 0.526. The number of benzene rings is 2. The SMILES string of the molecule is N#CCC1CCC(n2c(/N=N/c3ccc(O)c(C(=O)N[C@H](CCCCN)C(=O)OCc4ccccc4)c3)nc3cnc4[nH]ccc4c32)CC1. The number of H-pyrrole nitrogens is 1. The predicted octanol–water partition coefficient (Wildman–Crippen LogP) is 6.65. The van der Waals surface area contributed by atoms with Gasteiger partial charge in [0.1, 0.15) is 29.6 Å². The second-order valence-electron chi connectivity index (χ2n) is 12.4. The van der Waals surface area contributed by atoms with Gasteiger partial charge in [0, 0.05) is 24.0 Å². The number of nitriles is 1. The summed E-state index contributed by atoms with van der Waals surface area (Å²) in [6, 6.07) is 17.1. The van der Waals surface area contributed by atoms with E-state index in [0.717, 1.165) is 47.8 Å². The highest BCUT2D eigenvalue weighted by molar-refractivity contribution is 6.02. The lowest BCUT2D eigenvalue weighted by Gasteiger charge is -2.29. The number of hydrogen-bond donors (Lipinski definition) is 4. The van der Waals surface area contributed by atoms with Crippen molar-refractivity contribution in [2.45, 2.75) is 70.1 Å². The molecule has 5 N–H and O–H groups in total. The minimum atomic E-state index is -0.936. The number of esters is 1. The van der Waals surface area contributed by atoms with Crippen molar-refractivity contribution in [3.8, 4) is 11.8 Å². The zero-order valence-electron chi connectivity index (χ0n) is 27.1. The number of phenols is 1. The molecule has 6 rings (SSSR count). The lowest BCUT2D eigenvalue weighted by atomic mass is 9.84. The van der Waals surface area contributed by atoms with Crippen molar-refractivity contribution in [1.82, 2.24) is 24.8 Å². The van der Waals surface area contributed by atoms with Crippen LogP contribution in [-0.2, 0) is 16.1 Å². The molecule has 1 saturated carbocycles. The zero-order chi connectivity index (χ0) is 34.2. The Balaban J connectivity index is 1.24. The Labute approximate surface area is 283 Å². The van der Waals surface area contributed by atoms with Gasteiger partial charge in [-0.15, -0.1) is 10.2 Å². The van der Waals surface area contributed by atoms with Crippen LogP contribution in [0.2, 0.25) is 0 Å². The molecule has 49 heavy (non-hydrogen) atoms. The number of amides is 1. The van der Waals surface area contributed by atoms with E-state index < -0.39 is 17.9 Å². The van der Waals surface area contributed by atoms with Crippen molar-refractivity contribution in [1.29, 1.82) is 5.26 Å². The first-order valence-electron chi connectivity index (χ1n) is 16.6. The number of pyridine rings is 1. The molecule has 0 aliphatic heterocycles. The fourth-order valence-corrected chi connectivity index (χ4v) is 6.41. The van der Waals surface area contributed by atoms with Crippen LogP contribution in [0, 0.1) is 17.2 Å². The van der Waals surface area contributed by atoms with E-state index in [4.69, 9.17) is 15.5 Å². The summed E-state index contributed by atoms with van der Waals surface area (Å²) in [5.74, 6) is -0.712. The Morgan fingerprint density at radius 3 is 2.71 bits per heavy atom. The third-order valence-corrected chi connectivity index (χ3v) is 9.02. The number of nitrogens with zero attached hydrogens (tertiary/aromatic N) is 6. The van der Waals surface area contributed by atoms with Gasteiger partial charge >= 0.3 is 5.97 Å². The number of hydrogen-bond acceptors (Lipinski definition) is 10. The Kier molecular flexibility index (Phi) is 10.6. The Morgan fingerprint density at radius 2 is 1.94 bits per heavy atom. The van der Waals surface area contributed by atoms with Crippen LogP contribution in [0.1, 0.15) is 73.3 Å². The number of imidazole rings is 1. The summed E-state index contributed by atoms with van der Waals surface area (Å²) in [6.07, 6.45) is 9.32. The predicted molar refractivity (Wildman–Crippen MR) is 183 cm³/mol. The Bertz CT molecular complexity index is 1990. The molecule has 1 aliphatic carbocycles. The van der Waals surface area contributed by atoms with Gasteiger partial charge in [0.05, 0.1) is 29.0 Å². The van der Waals surface area contributed by atoms with Gasteiger partial charge in [0.15, 0.2) is 0 Å². The molecule has 252 valence electrons. The van der Waals surface area contributed by atoms with E-state index in [1.807, 2.05) is 42.6 Å². The number of phenolic OH excluding ortho intramolecular Hbond substituents is 1. The van der Waals surface area contributed by atoms with Crippen LogP contribution < -0.4 is 11.1 Å². The van der Waals surface area contributed by atoms with E-state index in [9.17, 15) is 20.0 Å². The van der Waals surface area contributed by atoms with Gasteiger partial charge in [0.25, 0.3) is 11.9 Å². The molecule has 0 saturated heterocycles. The molecule has 1 fully saturated rings. The molecule has 13 nitrogen and oxygen atoms in total. The van der Waals surface area contributed by atoms with Gasteiger partial charge in [-0.25, -0.2) is 14.8 Å². The summed E-state index contributed by atoms with van der Waals surface area (Å²) in [4.78, 5) is 38.9. The lowest BCUT2D eigenvalue weighted by Crippen LogP contribution is -2.42. The van der Waals surface area contributed by atoms with Crippen molar-refractivity contribution in [2.24, 2.45) is 21.9 Å². The van der Waals surface area contributed by atoms with Crippen LogP contribution in [0.5, 0.6) is 5.75 Å². The zero-order valence-corrected chi connectivity index (χ0v) is 27.1. The molecular weight excluding hydrogens is 622 g/mol. The summed E-state index contributed by atoms with van der Waals surface area (Å²) in [7, 11) is 0. The average Bonchev–Trinajstić information content (AvgIpc) is 3.75. The largest absolute Gasteiger partial charge is 0.507 e. The molecule has 2 aromatic carbocycles. The number of aromatic hydroxyl groups is 1. The molecule has 1 amide bonds. The van der Waals surface area contributed by atoms with Crippen LogP contribution in [0.3, 0.4) is 0 Å². The lowest BCUT2D eigenvalue weighted by molar-refractivity contribution is -0.147. The van der Waals surface area contributed by atoms with Gasteiger partial charge in [0.2, 0.25) is 0 Å². The van der Waals surface area contributed by atoms with Crippen molar-refractivity contribution >= 4 is 45.6 Å². The number of carbonyl (C=O) groups is 2. The summed E-state index contributed by atoms with van der Waals surface area (Å²) < 4.78 is 7.63. The van der Waals surface area contributed by atoms with Crippen molar-refractivity contribution in [2.75, 3.05) is 6.54 Å². The first-order valence-corrected chi connectivity index (χ1v) is 16.6. The minimum Gasteiger partial charge on any atom is -0.507 e. The second kappa shape index (κ2) is 15.5. The van der Waals surface area contributed by atoms with Gasteiger partial charge in [-0.05, 0) is 87.2 Å². The van der Waals surface area contributed by atoms with Crippen LogP contribution in [0.4, 0.5) is 11.6 Å². The summed E-state index contributed by atoms with van der Waals surface area (Å²) in [5, 5.41) is 32.5. The van der Waals surface area contributed by atoms with E-state index >= 15 is 0 Å². The van der Waals surface area contributed by atoms with E-state index in [1.165, 1.54) is 12.1 Å². The number of fused-ring (bicyclic) bond motifs is 3. The summed E-state index contributed by atoms with van der Waals surface area (Å²) >= 11 is 0. The van der Waals surface area contributed by atoms with E-state index in [2.05, 4.69) is 36.1 Å². The number of unbranched alkanes of at least 4 members (excludes halogenated alkanes) is 1. The molecule has 1 aliphatic rings. The monoisotopic (exact) mass is 661 g/mol. The van der Waals surface area contributed by atoms with Crippen LogP contribution in [-0.4, -0.2) is 49.1 Å². The number of carbonyl (C=O) groups excluding carboxylic acids is 2. The van der Waals surface area contributed by atoms with Gasteiger partial charge in [-0.2, -0.15) is 5.26 Å². The maximum absolute atomic E-state index is 13.4. The highest BCUT2D eigenvalue weighted by atomic mass is 16.5. The average molecular weight is 662 g/mol. The first-order chi connectivity index (χ1) is 23.9. The Hall–Kier alpha value is -5.61. The van der Waals surface area contributed by atoms with Crippen LogP contribution >= 0.6 is 0 Å². The molecule has 3 heterocycles. The van der Waals surface area contributed by atoms with Gasteiger partial charge < -0.3 is 30.4 Å². The number of nitrogens with one attached hydrogen (secondary N) is 2. The number of aromatic amines is 1. The number of ether oxygens (including phenoxy) is 1. The molecular formula is C36H39N9O4. The van der Waals surface area contributed by atoms with Crippen LogP contribution in [0.15, 0.2) is 77.2 Å². The number of nitrogens with two attached hydrogens (primary N) is 1. The maximum Gasteiger partial charge on any atom is 0.328 e. The topological polar surface area (TPSA) is 197 Å². The quantitative estimate of drug-likeness (QED) is 0.0611. The standard InChI is InChI=1S/C36H39N9O4/c37-17-5-4-8-29(35(48)49-22-24-6-2-1-3-7-24)41-34(47)28-20-25(11-14-31(28)46)43-44-36-42-30-21-40-33-27(16-19-39-33)32(30)45(36)26-12-9-23(10-13-26)15-18-38/h1-3,6-7,11,14,16,19-21,23,26,29,46H,4-5,8-10,12-13,15,17,22,37H2,(H,39,40)(H,41,47)/b44-43+/t23?,26?,29-/m1/s1. The molecule has 1 atom stereocenters. The van der Waals surface area contributed by atoms with E-state index in [-0.39, 0.29) is 24.0 Å². The third kappa shape index (κ3) is 7.76. The van der Waals surface area contributed by atoms with E-state index in [0.29, 0.717) is 55.3 Å². The smallest absolute Gasteiger partial charge is 0.328 e. The normalized spacial score (nSPS) is 16.9. The number of aromatic nitrogens is 4. The van der Waals surface area contributed by atoms with E-state index in [1.54, 1.807) is 12.3 Å². The second-order valence-corrected chi connectivity index (χ2v) is 12.4. The number of rotatable bonds is 13. The first kappa shape index (κ1) is 33.3. The molecule has 0 spiro atoms. The Morgan fingerprint density at radius 1 is 1.12 bits per heavy atom. The minimum absolute atomic E-state index is 0.0568. The maximum atomic E-state index is 13.4. The third-order valence-electron chi connectivity index (χ3n) is 9.02. The highest BCUT2D eigenvalue weighted by Gasteiger charge is 2.28. The fraction of sp³-hybridized carbons (Fsp3) is 0.361. The van der Waals surface area contributed by atoms with Crippen molar-refractivity contribution < 1.29 is 19.4 Å². The highest BCUT2D eigenvalue weighted by Crippen LogP contribution is 2.40. The molecule has 5 aromatic rings. The van der Waals surface area contributed by atoms with Crippen molar-refractivity contribution in [3.05, 3.63) is 78.1 Å². The number of azo groups is 1. The van der Waals surface area contributed by atoms with Crippen LogP contribution in [0.25, 0.3) is 22.1 Å². The molecule has 13 heteroatoms. The van der Waals surface area contributed by atoms with Crippen molar-refractivity contribution in [3.63, 3.8) is 0 Å². The molecule has 3 aromatic heterocycles. The summed E-state index contributed by atoms with van der Waals surface area (Å²) in [5.41, 5.74) is 9.09. The molecule has 0 unspecified atom stereocenters. The molecule has 0 radical (unpaired) electrons. The van der Waals surface area contributed by atoms with Gasteiger partial charge in [-0.3, -0.25) is 4.79 Å². The van der Waals surface area contributed by atoms with Gasteiger partial charge in [-0.1, -0.05) is 30.3 Å². The fourth-order valence-electron chi connectivity index (χ4n) is 6.41.